The first-order chi connectivity index (χ1) is 13.1. The number of hydrazone groups is 1. The van der Waals surface area contributed by atoms with Gasteiger partial charge in [0.25, 0.3) is 5.91 Å². The summed E-state index contributed by atoms with van der Waals surface area (Å²) in [5.41, 5.74) is 2.72. The molecule has 0 aromatic heterocycles. The van der Waals surface area contributed by atoms with Gasteiger partial charge in [-0.2, -0.15) is 5.10 Å². The Hall–Kier alpha value is -2.94. The second kappa shape index (κ2) is 10.9. The minimum Gasteiger partial charge on any atom is -0.483 e. The van der Waals surface area contributed by atoms with Gasteiger partial charge in [-0.05, 0) is 25.0 Å². The van der Waals surface area contributed by atoms with Crippen LogP contribution in [0.2, 0.25) is 0 Å². The maximum atomic E-state index is 12.1. The summed E-state index contributed by atoms with van der Waals surface area (Å²) >= 11 is 0. The molecule has 1 aromatic rings. The summed E-state index contributed by atoms with van der Waals surface area (Å²) in [6, 6.07) is 6.98. The van der Waals surface area contributed by atoms with E-state index in [2.05, 4.69) is 15.8 Å². The smallest absolute Gasteiger partial charge is 0.329 e. The molecule has 0 aliphatic carbocycles. The van der Waals surface area contributed by atoms with Crippen molar-refractivity contribution in [2.24, 2.45) is 5.10 Å². The summed E-state index contributed by atoms with van der Waals surface area (Å²) in [5.74, 6) is -1.28. The number of ether oxygens (including phenoxy) is 2. The number of amides is 3. The van der Waals surface area contributed by atoms with Crippen molar-refractivity contribution in [3.8, 4) is 5.75 Å². The van der Waals surface area contributed by atoms with Crippen LogP contribution in [0.1, 0.15) is 18.4 Å². The van der Waals surface area contributed by atoms with Crippen LogP contribution in [0.5, 0.6) is 5.75 Å². The third-order valence-electron chi connectivity index (χ3n) is 3.90. The van der Waals surface area contributed by atoms with Gasteiger partial charge in [-0.15, -0.1) is 0 Å². The second-order valence-electron chi connectivity index (χ2n) is 5.86. The molecule has 1 heterocycles. The Morgan fingerprint density at radius 2 is 1.93 bits per heavy atom. The molecular weight excluding hydrogens is 352 g/mol. The van der Waals surface area contributed by atoms with Crippen LogP contribution in [-0.4, -0.2) is 68.8 Å². The normalized spacial score (nSPS) is 13.6. The van der Waals surface area contributed by atoms with Crippen LogP contribution in [0.3, 0.4) is 0 Å². The Bertz CT molecular complexity index is 686. The number of carbonyl (C=O) groups is 3. The first kappa shape index (κ1) is 20.4. The van der Waals surface area contributed by atoms with Gasteiger partial charge >= 0.3 is 11.8 Å². The van der Waals surface area contributed by atoms with E-state index in [0.717, 1.165) is 25.9 Å². The summed E-state index contributed by atoms with van der Waals surface area (Å²) in [4.78, 5) is 37.0. The first-order valence-corrected chi connectivity index (χ1v) is 8.71. The molecule has 2 N–H and O–H groups in total. The summed E-state index contributed by atoms with van der Waals surface area (Å²) in [5, 5.41) is 6.15. The fraction of sp³-hybridized carbons (Fsp3) is 0.444. The zero-order valence-corrected chi connectivity index (χ0v) is 15.3. The van der Waals surface area contributed by atoms with Crippen molar-refractivity contribution in [2.45, 2.75) is 12.8 Å². The number of nitrogens with one attached hydrogen (secondary N) is 2. The number of hydrogen-bond donors (Lipinski definition) is 2. The van der Waals surface area contributed by atoms with Gasteiger partial charge in [0.15, 0.2) is 6.61 Å². The molecule has 1 aliphatic heterocycles. The molecule has 2 rings (SSSR count). The number of benzene rings is 1. The van der Waals surface area contributed by atoms with Crippen LogP contribution >= 0.6 is 0 Å². The van der Waals surface area contributed by atoms with Crippen LogP contribution < -0.4 is 15.5 Å². The summed E-state index contributed by atoms with van der Waals surface area (Å²) in [6.07, 6.45) is 3.40. The minimum atomic E-state index is -0.884. The molecule has 9 heteroatoms. The standard InChI is InChI=1S/C18H24N4O5/c1-26-11-8-19-17(24)18(25)21-20-12-14-6-2-3-7-15(14)27-13-16(23)22-9-4-5-10-22/h2-3,6-7,12H,4-5,8-11,13H2,1H3,(H,19,24)(H,21,25)/b20-12-. The monoisotopic (exact) mass is 376 g/mol. The average Bonchev–Trinajstić information content (AvgIpc) is 3.22. The number of likely N-dealkylation sites (tertiary alicyclic amines) is 1. The fourth-order valence-electron chi connectivity index (χ4n) is 2.47. The SMILES string of the molecule is COCCNC(=O)C(=O)N/N=C\c1ccccc1OCC(=O)N1CCCC1. The molecule has 0 radical (unpaired) electrons. The number of rotatable bonds is 8. The van der Waals surface area contributed by atoms with E-state index in [9.17, 15) is 14.4 Å². The lowest BCUT2D eigenvalue weighted by Crippen LogP contribution is -2.39. The van der Waals surface area contributed by atoms with E-state index in [1.165, 1.54) is 13.3 Å². The Kier molecular flexibility index (Phi) is 8.24. The van der Waals surface area contributed by atoms with Crippen LogP contribution in [0.4, 0.5) is 0 Å². The molecule has 0 atom stereocenters. The van der Waals surface area contributed by atoms with Crippen molar-refractivity contribution in [3.63, 3.8) is 0 Å². The van der Waals surface area contributed by atoms with Crippen molar-refractivity contribution in [3.05, 3.63) is 29.8 Å². The molecule has 1 saturated heterocycles. The van der Waals surface area contributed by atoms with Gasteiger partial charge in [-0.25, -0.2) is 5.43 Å². The van der Waals surface area contributed by atoms with E-state index < -0.39 is 11.8 Å². The van der Waals surface area contributed by atoms with Crippen LogP contribution in [0, 0.1) is 0 Å². The van der Waals surface area contributed by atoms with E-state index in [1.807, 2.05) is 0 Å². The van der Waals surface area contributed by atoms with E-state index in [1.54, 1.807) is 29.2 Å². The topological polar surface area (TPSA) is 109 Å². The van der Waals surface area contributed by atoms with Crippen molar-refractivity contribution in [1.29, 1.82) is 0 Å². The van der Waals surface area contributed by atoms with Crippen molar-refractivity contribution in [2.75, 3.05) is 40.0 Å². The summed E-state index contributed by atoms with van der Waals surface area (Å²) in [7, 11) is 1.49. The second-order valence-corrected chi connectivity index (χ2v) is 5.86. The highest BCUT2D eigenvalue weighted by Crippen LogP contribution is 2.16. The van der Waals surface area contributed by atoms with Gasteiger partial charge in [0.2, 0.25) is 0 Å². The molecule has 27 heavy (non-hydrogen) atoms. The highest BCUT2D eigenvalue weighted by atomic mass is 16.5. The lowest BCUT2D eigenvalue weighted by molar-refractivity contribution is -0.139. The van der Waals surface area contributed by atoms with Crippen molar-refractivity contribution < 1.29 is 23.9 Å². The molecule has 1 fully saturated rings. The number of hydrogen-bond acceptors (Lipinski definition) is 6. The molecule has 1 aliphatic rings. The molecule has 0 spiro atoms. The zero-order valence-electron chi connectivity index (χ0n) is 15.3. The van der Waals surface area contributed by atoms with E-state index >= 15 is 0 Å². The minimum absolute atomic E-state index is 0.0553. The van der Waals surface area contributed by atoms with Crippen LogP contribution in [-0.2, 0) is 19.1 Å². The number of nitrogens with zero attached hydrogens (tertiary/aromatic N) is 2. The number of methoxy groups -OCH3 is 1. The van der Waals surface area contributed by atoms with E-state index in [-0.39, 0.29) is 19.1 Å². The Morgan fingerprint density at radius 3 is 2.67 bits per heavy atom. The predicted octanol–water partition coefficient (Wildman–Crippen LogP) is -0.0995. The lowest BCUT2D eigenvalue weighted by Gasteiger charge is -2.16. The Labute approximate surface area is 157 Å². The van der Waals surface area contributed by atoms with Crippen LogP contribution in [0.15, 0.2) is 29.4 Å². The molecule has 3 amide bonds. The van der Waals surface area contributed by atoms with Gasteiger partial charge in [0.1, 0.15) is 5.75 Å². The molecular formula is C18H24N4O5. The Morgan fingerprint density at radius 1 is 1.19 bits per heavy atom. The largest absolute Gasteiger partial charge is 0.483 e. The third kappa shape index (κ3) is 6.70. The van der Waals surface area contributed by atoms with Gasteiger partial charge in [-0.3, -0.25) is 14.4 Å². The fourth-order valence-corrected chi connectivity index (χ4v) is 2.47. The van der Waals surface area contributed by atoms with Gasteiger partial charge in [-0.1, -0.05) is 12.1 Å². The predicted molar refractivity (Wildman–Crippen MR) is 98.4 cm³/mol. The summed E-state index contributed by atoms with van der Waals surface area (Å²) in [6.45, 7) is 2.02. The average molecular weight is 376 g/mol. The quantitative estimate of drug-likeness (QED) is 0.285. The van der Waals surface area contributed by atoms with E-state index in [0.29, 0.717) is 17.9 Å². The summed E-state index contributed by atoms with van der Waals surface area (Å²) < 4.78 is 10.4. The highest BCUT2D eigenvalue weighted by Gasteiger charge is 2.18. The van der Waals surface area contributed by atoms with Crippen molar-refractivity contribution in [1.82, 2.24) is 15.6 Å². The zero-order chi connectivity index (χ0) is 19.5. The van der Waals surface area contributed by atoms with E-state index in [4.69, 9.17) is 9.47 Å². The lowest BCUT2D eigenvalue weighted by atomic mass is 10.2. The van der Waals surface area contributed by atoms with Gasteiger partial charge < -0.3 is 19.7 Å². The molecule has 1 aromatic carbocycles. The third-order valence-corrected chi connectivity index (χ3v) is 3.90. The Balaban J connectivity index is 1.85. The molecule has 0 saturated carbocycles. The molecule has 146 valence electrons. The molecule has 0 bridgehead atoms. The highest BCUT2D eigenvalue weighted by molar-refractivity contribution is 6.35. The maximum Gasteiger partial charge on any atom is 0.329 e. The van der Waals surface area contributed by atoms with Crippen molar-refractivity contribution >= 4 is 23.9 Å². The van der Waals surface area contributed by atoms with Gasteiger partial charge in [0, 0.05) is 32.3 Å². The molecule has 9 nitrogen and oxygen atoms in total. The number of carbonyl (C=O) groups excluding carboxylic acids is 3. The van der Waals surface area contributed by atoms with Crippen LogP contribution in [0.25, 0.3) is 0 Å². The maximum absolute atomic E-state index is 12.1. The number of para-hydroxylation sites is 1. The first-order valence-electron chi connectivity index (χ1n) is 8.71. The molecule has 0 unspecified atom stereocenters. The van der Waals surface area contributed by atoms with Gasteiger partial charge in [0.05, 0.1) is 12.8 Å².